The zero-order valence-electron chi connectivity index (χ0n) is 16.1. The highest BCUT2D eigenvalue weighted by atomic mass is 16.5. The molecular weight excluding hydrogens is 314 g/mol. The van der Waals surface area contributed by atoms with Crippen molar-refractivity contribution in [2.75, 3.05) is 7.05 Å². The van der Waals surface area contributed by atoms with Gasteiger partial charge in [0.25, 0.3) is 0 Å². The van der Waals surface area contributed by atoms with E-state index in [9.17, 15) is 4.79 Å². The second-order valence-electron chi connectivity index (χ2n) is 7.46. The fourth-order valence-electron chi connectivity index (χ4n) is 3.18. The van der Waals surface area contributed by atoms with E-state index in [2.05, 4.69) is 48.6 Å². The van der Waals surface area contributed by atoms with E-state index in [0.717, 1.165) is 23.4 Å². The minimum Gasteiger partial charge on any atom is -0.361 e. The lowest BCUT2D eigenvalue weighted by Gasteiger charge is -2.30. The van der Waals surface area contributed by atoms with Crippen LogP contribution in [-0.4, -0.2) is 29.2 Å². The Morgan fingerprint density at radius 3 is 2.48 bits per heavy atom. The number of hydrogen-bond acceptors (Lipinski definition) is 3. The molecule has 5 nitrogen and oxygen atoms in total. The van der Waals surface area contributed by atoms with E-state index >= 15 is 0 Å². The Morgan fingerprint density at radius 1 is 1.28 bits per heavy atom. The van der Waals surface area contributed by atoms with Gasteiger partial charge in [0.2, 0.25) is 0 Å². The maximum absolute atomic E-state index is 12.5. The molecule has 0 fully saturated rings. The van der Waals surface area contributed by atoms with E-state index in [1.807, 2.05) is 26.8 Å². The van der Waals surface area contributed by atoms with E-state index in [1.165, 1.54) is 5.56 Å². The molecular formula is C20H29N3O2. The van der Waals surface area contributed by atoms with Crippen LogP contribution in [-0.2, 0) is 12.0 Å². The number of aryl methyl sites for hydroxylation is 2. The Hall–Kier alpha value is -2.30. The normalized spacial score (nSPS) is 12.7. The highest BCUT2D eigenvalue weighted by Gasteiger charge is 2.25. The van der Waals surface area contributed by atoms with E-state index in [1.54, 1.807) is 11.9 Å². The van der Waals surface area contributed by atoms with Gasteiger partial charge < -0.3 is 14.7 Å². The summed E-state index contributed by atoms with van der Waals surface area (Å²) in [6.07, 6.45) is 0.863. The third-order valence-electron chi connectivity index (χ3n) is 4.66. The molecule has 0 radical (unpaired) electrons. The van der Waals surface area contributed by atoms with Crippen molar-refractivity contribution >= 4 is 6.03 Å². The van der Waals surface area contributed by atoms with Crippen LogP contribution in [0.2, 0.25) is 0 Å². The molecule has 1 unspecified atom stereocenters. The number of hydrogen-bond donors (Lipinski definition) is 1. The molecule has 0 bridgehead atoms. The number of amides is 2. The van der Waals surface area contributed by atoms with Crippen LogP contribution < -0.4 is 5.32 Å². The summed E-state index contributed by atoms with van der Waals surface area (Å²) in [4.78, 5) is 14.2. The van der Waals surface area contributed by atoms with E-state index in [0.29, 0.717) is 6.54 Å². The first kappa shape index (κ1) is 19.0. The first-order valence-electron chi connectivity index (χ1n) is 8.69. The molecule has 1 aromatic heterocycles. The first-order valence-corrected chi connectivity index (χ1v) is 8.69. The number of aromatic nitrogens is 1. The Kier molecular flexibility index (Phi) is 5.88. The lowest BCUT2D eigenvalue weighted by molar-refractivity contribution is 0.200. The van der Waals surface area contributed by atoms with Gasteiger partial charge in [-0.25, -0.2) is 4.79 Å². The molecule has 0 spiro atoms. The summed E-state index contributed by atoms with van der Waals surface area (Å²) in [5.41, 5.74) is 3.07. The van der Waals surface area contributed by atoms with Crippen LogP contribution in [0.5, 0.6) is 0 Å². The van der Waals surface area contributed by atoms with Gasteiger partial charge in [0.1, 0.15) is 5.76 Å². The Morgan fingerprint density at radius 2 is 1.92 bits per heavy atom. The van der Waals surface area contributed by atoms with Crippen LogP contribution in [0.15, 0.2) is 34.9 Å². The lowest BCUT2D eigenvalue weighted by atomic mass is 9.79. The molecule has 0 saturated carbocycles. The fraction of sp³-hybridized carbons (Fsp3) is 0.500. The molecule has 2 amide bonds. The monoisotopic (exact) mass is 343 g/mol. The Labute approximate surface area is 150 Å². The predicted octanol–water partition coefficient (Wildman–Crippen LogP) is 4.19. The summed E-state index contributed by atoms with van der Waals surface area (Å²) in [7, 11) is 1.79. The quantitative estimate of drug-likeness (QED) is 0.855. The Bertz CT molecular complexity index is 687. The second kappa shape index (κ2) is 7.72. The van der Waals surface area contributed by atoms with Crippen molar-refractivity contribution in [2.24, 2.45) is 0 Å². The number of nitrogens with one attached hydrogen (secondary N) is 1. The molecule has 25 heavy (non-hydrogen) atoms. The summed E-state index contributed by atoms with van der Waals surface area (Å²) < 4.78 is 5.16. The summed E-state index contributed by atoms with van der Waals surface area (Å²) in [5.74, 6) is 0.760. The van der Waals surface area contributed by atoms with Gasteiger partial charge in [-0.3, -0.25) is 0 Å². The molecule has 2 rings (SSSR count). The molecule has 0 aliphatic heterocycles. The minimum atomic E-state index is -0.0867. The largest absolute Gasteiger partial charge is 0.361 e. The van der Waals surface area contributed by atoms with Gasteiger partial charge >= 0.3 is 6.03 Å². The maximum Gasteiger partial charge on any atom is 0.317 e. The lowest BCUT2D eigenvalue weighted by Crippen LogP contribution is -2.43. The Balaban J connectivity index is 1.93. The highest BCUT2D eigenvalue weighted by Crippen LogP contribution is 2.28. The number of nitrogens with zero attached hydrogens (tertiary/aromatic N) is 2. The summed E-state index contributed by atoms with van der Waals surface area (Å²) in [6, 6.07) is 10.4. The van der Waals surface area contributed by atoms with Gasteiger partial charge in [-0.2, -0.15) is 0 Å². The molecule has 0 saturated heterocycles. The van der Waals surface area contributed by atoms with Crippen molar-refractivity contribution in [3.63, 3.8) is 0 Å². The molecule has 1 heterocycles. The van der Waals surface area contributed by atoms with E-state index in [4.69, 9.17) is 4.52 Å². The van der Waals surface area contributed by atoms with Crippen LogP contribution >= 0.6 is 0 Å². The molecule has 136 valence electrons. The molecule has 0 aliphatic rings. The van der Waals surface area contributed by atoms with Crippen molar-refractivity contribution in [3.8, 4) is 0 Å². The number of benzene rings is 1. The summed E-state index contributed by atoms with van der Waals surface area (Å²) >= 11 is 0. The average Bonchev–Trinajstić information content (AvgIpc) is 2.87. The smallest absolute Gasteiger partial charge is 0.317 e. The van der Waals surface area contributed by atoms with Gasteiger partial charge in [0.05, 0.1) is 12.2 Å². The minimum absolute atomic E-state index is 0.00577. The standard InChI is InChI=1S/C20H29N3O2/c1-14(12-20(4,5)17-10-8-7-9-11-17)21-19(24)23(6)13-18-15(2)22-25-16(18)3/h7-11,14H,12-13H2,1-6H3,(H,21,24). The van der Waals surface area contributed by atoms with Gasteiger partial charge in [-0.05, 0) is 38.2 Å². The van der Waals surface area contributed by atoms with Gasteiger partial charge in [0.15, 0.2) is 0 Å². The molecule has 1 aromatic carbocycles. The number of carbonyl (C=O) groups is 1. The van der Waals surface area contributed by atoms with Crippen molar-refractivity contribution in [1.29, 1.82) is 0 Å². The fourth-order valence-corrected chi connectivity index (χ4v) is 3.18. The topological polar surface area (TPSA) is 58.4 Å². The summed E-state index contributed by atoms with van der Waals surface area (Å²) in [6.45, 7) is 10.7. The van der Waals surface area contributed by atoms with Crippen molar-refractivity contribution in [1.82, 2.24) is 15.4 Å². The average molecular weight is 343 g/mol. The zero-order valence-corrected chi connectivity index (χ0v) is 16.1. The third kappa shape index (κ3) is 4.84. The number of carbonyl (C=O) groups excluding carboxylic acids is 1. The van der Waals surface area contributed by atoms with Crippen molar-refractivity contribution in [3.05, 3.63) is 52.9 Å². The summed E-state index contributed by atoms with van der Waals surface area (Å²) in [5, 5.41) is 7.03. The van der Waals surface area contributed by atoms with Gasteiger partial charge in [0, 0.05) is 18.7 Å². The predicted molar refractivity (Wildman–Crippen MR) is 99.5 cm³/mol. The van der Waals surface area contributed by atoms with Crippen LogP contribution in [0.1, 0.15) is 49.8 Å². The molecule has 5 heteroatoms. The number of urea groups is 1. The number of rotatable bonds is 6. The molecule has 2 aromatic rings. The first-order chi connectivity index (χ1) is 11.7. The van der Waals surface area contributed by atoms with Gasteiger partial charge in [-0.15, -0.1) is 0 Å². The second-order valence-corrected chi connectivity index (χ2v) is 7.46. The maximum atomic E-state index is 12.5. The molecule has 1 N–H and O–H groups in total. The van der Waals surface area contributed by atoms with Crippen LogP contribution in [0.4, 0.5) is 4.79 Å². The van der Waals surface area contributed by atoms with E-state index in [-0.39, 0.29) is 17.5 Å². The van der Waals surface area contributed by atoms with Crippen LogP contribution in [0, 0.1) is 13.8 Å². The van der Waals surface area contributed by atoms with Crippen LogP contribution in [0.3, 0.4) is 0 Å². The van der Waals surface area contributed by atoms with Crippen molar-refractivity contribution < 1.29 is 9.32 Å². The molecule has 1 atom stereocenters. The van der Waals surface area contributed by atoms with E-state index < -0.39 is 0 Å². The van der Waals surface area contributed by atoms with Crippen molar-refractivity contribution in [2.45, 2.75) is 59.0 Å². The van der Waals surface area contributed by atoms with Crippen LogP contribution in [0.25, 0.3) is 0 Å². The highest BCUT2D eigenvalue weighted by molar-refractivity contribution is 5.74. The SMILES string of the molecule is Cc1noc(C)c1CN(C)C(=O)NC(C)CC(C)(C)c1ccccc1. The third-order valence-corrected chi connectivity index (χ3v) is 4.66. The molecule has 0 aliphatic carbocycles. The zero-order chi connectivity index (χ0) is 18.6. The van der Waals surface area contributed by atoms with Gasteiger partial charge in [-0.1, -0.05) is 49.3 Å².